The highest BCUT2D eigenvalue weighted by atomic mass is 35.5. The highest BCUT2D eigenvalue weighted by Gasteiger charge is 2.08. The van der Waals surface area contributed by atoms with Crippen LogP contribution in [0.4, 0.5) is 5.82 Å². The van der Waals surface area contributed by atoms with E-state index in [-0.39, 0.29) is 0 Å². The van der Waals surface area contributed by atoms with Gasteiger partial charge in [-0.3, -0.25) is 4.57 Å². The van der Waals surface area contributed by atoms with Gasteiger partial charge in [0.2, 0.25) is 0 Å². The van der Waals surface area contributed by atoms with Crippen molar-refractivity contribution >= 4 is 29.0 Å². The molecule has 4 nitrogen and oxygen atoms in total. The van der Waals surface area contributed by atoms with Crippen LogP contribution < -0.4 is 5.73 Å². The summed E-state index contributed by atoms with van der Waals surface area (Å²) in [7, 11) is 0. The van der Waals surface area contributed by atoms with E-state index in [1.807, 2.05) is 22.8 Å². The molecule has 0 atom stereocenters. The number of rotatable bonds is 2. The zero-order valence-electron chi connectivity index (χ0n) is 10.3. The molecule has 6 heteroatoms. The minimum absolute atomic E-state index is 0.477. The van der Waals surface area contributed by atoms with Crippen LogP contribution in [0.15, 0.2) is 49.1 Å². The summed E-state index contributed by atoms with van der Waals surface area (Å²) in [6.07, 6.45) is 5.16. The summed E-state index contributed by atoms with van der Waals surface area (Å²) in [5, 5.41) is 1.14. The van der Waals surface area contributed by atoms with E-state index in [4.69, 9.17) is 28.9 Å². The number of nitrogens with zero attached hydrogens (tertiary/aromatic N) is 3. The van der Waals surface area contributed by atoms with Crippen molar-refractivity contribution in [2.45, 2.75) is 0 Å². The van der Waals surface area contributed by atoms with Gasteiger partial charge in [0.25, 0.3) is 0 Å². The van der Waals surface area contributed by atoms with Gasteiger partial charge in [-0.15, -0.1) is 0 Å². The molecule has 2 aromatic heterocycles. The molecule has 0 aliphatic carbocycles. The fourth-order valence-corrected chi connectivity index (χ4v) is 2.46. The molecule has 0 radical (unpaired) electrons. The first-order valence-corrected chi connectivity index (χ1v) is 6.60. The minimum atomic E-state index is 0.477. The van der Waals surface area contributed by atoms with Gasteiger partial charge < -0.3 is 5.73 Å². The second-order valence-corrected chi connectivity index (χ2v) is 5.12. The average Bonchev–Trinajstić information content (AvgIpc) is 2.87. The SMILES string of the molecule is Nc1ccc(-c2cncn2-c2cc(Cl)cc(Cl)c2)cn1. The number of nitrogens with two attached hydrogens (primary N) is 1. The van der Waals surface area contributed by atoms with Crippen LogP contribution in [0.3, 0.4) is 0 Å². The van der Waals surface area contributed by atoms with E-state index in [0.717, 1.165) is 16.9 Å². The normalized spacial score (nSPS) is 10.7. The highest BCUT2D eigenvalue weighted by Crippen LogP contribution is 2.26. The van der Waals surface area contributed by atoms with E-state index in [1.54, 1.807) is 30.9 Å². The smallest absolute Gasteiger partial charge is 0.123 e. The van der Waals surface area contributed by atoms with Gasteiger partial charge in [0.05, 0.1) is 23.9 Å². The Morgan fingerprint density at radius 2 is 1.75 bits per heavy atom. The molecule has 0 aliphatic heterocycles. The molecule has 0 unspecified atom stereocenters. The van der Waals surface area contributed by atoms with E-state index < -0.39 is 0 Å². The number of hydrogen-bond donors (Lipinski definition) is 1. The zero-order chi connectivity index (χ0) is 14.1. The quantitative estimate of drug-likeness (QED) is 0.783. The molecule has 2 heterocycles. The molecule has 0 saturated heterocycles. The van der Waals surface area contributed by atoms with Crippen molar-refractivity contribution in [3.63, 3.8) is 0 Å². The Morgan fingerprint density at radius 3 is 2.40 bits per heavy atom. The summed E-state index contributed by atoms with van der Waals surface area (Å²) in [6, 6.07) is 8.97. The highest BCUT2D eigenvalue weighted by molar-refractivity contribution is 6.34. The number of nitrogen functional groups attached to an aromatic ring is 1. The number of aromatic nitrogens is 3. The first-order valence-electron chi connectivity index (χ1n) is 5.84. The van der Waals surface area contributed by atoms with Crippen LogP contribution in [0.2, 0.25) is 10.0 Å². The molecule has 0 aliphatic rings. The first kappa shape index (κ1) is 13.0. The predicted molar refractivity (Wildman–Crippen MR) is 81.2 cm³/mol. The zero-order valence-corrected chi connectivity index (χ0v) is 11.8. The maximum atomic E-state index is 6.04. The lowest BCUT2D eigenvalue weighted by atomic mass is 10.2. The lowest BCUT2D eigenvalue weighted by Gasteiger charge is -2.09. The monoisotopic (exact) mass is 304 g/mol. The van der Waals surface area contributed by atoms with E-state index in [1.165, 1.54) is 0 Å². The number of imidazole rings is 1. The Balaban J connectivity index is 2.12. The number of hydrogen-bond acceptors (Lipinski definition) is 3. The standard InChI is InChI=1S/C14H10Cl2N4/c15-10-3-11(16)5-12(4-10)20-8-18-7-13(20)9-1-2-14(17)19-6-9/h1-8H,(H2,17,19). The average molecular weight is 305 g/mol. The van der Waals surface area contributed by atoms with E-state index in [9.17, 15) is 0 Å². The van der Waals surface area contributed by atoms with Crippen molar-refractivity contribution in [3.8, 4) is 16.9 Å². The van der Waals surface area contributed by atoms with Crippen LogP contribution in [0.25, 0.3) is 16.9 Å². The van der Waals surface area contributed by atoms with Crippen molar-refractivity contribution in [3.05, 3.63) is 59.1 Å². The molecule has 3 rings (SSSR count). The predicted octanol–water partition coefficient (Wildman–Crippen LogP) is 3.82. The summed E-state index contributed by atoms with van der Waals surface area (Å²) in [4.78, 5) is 8.26. The Morgan fingerprint density at radius 1 is 1.00 bits per heavy atom. The molecule has 0 amide bonds. The second kappa shape index (κ2) is 5.15. The van der Waals surface area contributed by atoms with Gasteiger partial charge in [-0.2, -0.15) is 0 Å². The van der Waals surface area contributed by atoms with Gasteiger partial charge in [-0.05, 0) is 30.3 Å². The second-order valence-electron chi connectivity index (χ2n) is 4.25. The summed E-state index contributed by atoms with van der Waals surface area (Å²) < 4.78 is 1.89. The van der Waals surface area contributed by atoms with Crippen molar-refractivity contribution in [1.29, 1.82) is 0 Å². The van der Waals surface area contributed by atoms with Crippen molar-refractivity contribution in [2.24, 2.45) is 0 Å². The van der Waals surface area contributed by atoms with Gasteiger partial charge in [-0.25, -0.2) is 9.97 Å². The molecule has 0 fully saturated rings. The largest absolute Gasteiger partial charge is 0.384 e. The number of benzene rings is 1. The minimum Gasteiger partial charge on any atom is -0.384 e. The van der Waals surface area contributed by atoms with Crippen LogP contribution in [0.5, 0.6) is 0 Å². The van der Waals surface area contributed by atoms with E-state index in [0.29, 0.717) is 15.9 Å². The summed E-state index contributed by atoms with van der Waals surface area (Å²) in [6.45, 7) is 0. The van der Waals surface area contributed by atoms with E-state index in [2.05, 4.69) is 9.97 Å². The van der Waals surface area contributed by atoms with Crippen LogP contribution in [-0.4, -0.2) is 14.5 Å². The lowest BCUT2D eigenvalue weighted by Crippen LogP contribution is -1.96. The summed E-state index contributed by atoms with van der Waals surface area (Å²) in [5.74, 6) is 0.477. The Hall–Kier alpha value is -2.04. The third kappa shape index (κ3) is 2.48. The van der Waals surface area contributed by atoms with Gasteiger partial charge in [0, 0.05) is 21.8 Å². The van der Waals surface area contributed by atoms with Gasteiger partial charge >= 0.3 is 0 Å². The van der Waals surface area contributed by atoms with Crippen molar-refractivity contribution in [2.75, 3.05) is 5.73 Å². The number of anilines is 1. The Labute approximate surface area is 125 Å². The summed E-state index contributed by atoms with van der Waals surface area (Å²) in [5.41, 5.74) is 8.24. The Kier molecular flexibility index (Phi) is 3.34. The van der Waals surface area contributed by atoms with Gasteiger partial charge in [-0.1, -0.05) is 23.2 Å². The van der Waals surface area contributed by atoms with Crippen LogP contribution in [0.1, 0.15) is 0 Å². The maximum Gasteiger partial charge on any atom is 0.123 e. The molecule has 3 aromatic rings. The van der Waals surface area contributed by atoms with Gasteiger partial charge in [0.15, 0.2) is 0 Å². The maximum absolute atomic E-state index is 6.04. The topological polar surface area (TPSA) is 56.7 Å². The fraction of sp³-hybridized carbons (Fsp3) is 0. The molecular formula is C14H10Cl2N4. The molecule has 100 valence electrons. The van der Waals surface area contributed by atoms with Crippen LogP contribution >= 0.6 is 23.2 Å². The van der Waals surface area contributed by atoms with Crippen LogP contribution in [0, 0.1) is 0 Å². The third-order valence-corrected chi connectivity index (χ3v) is 3.28. The number of pyridine rings is 1. The third-order valence-electron chi connectivity index (χ3n) is 2.85. The van der Waals surface area contributed by atoms with Crippen LogP contribution in [-0.2, 0) is 0 Å². The molecule has 2 N–H and O–H groups in total. The molecule has 0 saturated carbocycles. The molecule has 0 spiro atoms. The fourth-order valence-electron chi connectivity index (χ4n) is 1.95. The molecular weight excluding hydrogens is 295 g/mol. The summed E-state index contributed by atoms with van der Waals surface area (Å²) >= 11 is 12.1. The van der Waals surface area contributed by atoms with E-state index >= 15 is 0 Å². The van der Waals surface area contributed by atoms with Gasteiger partial charge in [0.1, 0.15) is 5.82 Å². The molecule has 1 aromatic carbocycles. The van der Waals surface area contributed by atoms with Crippen molar-refractivity contribution in [1.82, 2.24) is 14.5 Å². The lowest BCUT2D eigenvalue weighted by molar-refractivity contribution is 1.06. The Bertz CT molecular complexity index is 730. The molecule has 20 heavy (non-hydrogen) atoms. The molecule has 0 bridgehead atoms. The van der Waals surface area contributed by atoms with Crippen molar-refractivity contribution < 1.29 is 0 Å². The number of halogens is 2. The first-order chi connectivity index (χ1) is 9.63.